The molecule has 23 heavy (non-hydrogen) atoms. The minimum atomic E-state index is -0.961. The maximum Gasteiger partial charge on any atom is 0.320 e. The molecule has 0 aromatic heterocycles. The van der Waals surface area contributed by atoms with Gasteiger partial charge in [0.15, 0.2) is 0 Å². The average molecular weight is 346 g/mol. The molecule has 0 spiro atoms. The molecule has 128 valence electrons. The number of anilines is 1. The number of amides is 1. The molecule has 1 aromatic rings. The first-order valence-corrected chi connectivity index (χ1v) is 6.70. The summed E-state index contributed by atoms with van der Waals surface area (Å²) in [5.41, 5.74) is 0.997. The Morgan fingerprint density at radius 2 is 2.04 bits per heavy atom. The number of carbonyl (C=O) groups excluding carboxylic acids is 1. The molecule has 1 aromatic carbocycles. The fourth-order valence-corrected chi connectivity index (χ4v) is 1.73. The molecule has 0 aliphatic rings. The van der Waals surface area contributed by atoms with Gasteiger partial charge in [0.05, 0.1) is 10.6 Å². The van der Waals surface area contributed by atoms with Crippen LogP contribution in [0.3, 0.4) is 0 Å². The molecule has 0 heterocycles. The predicted octanol–water partition coefficient (Wildman–Crippen LogP) is 2.06. The van der Waals surface area contributed by atoms with Crippen molar-refractivity contribution in [3.8, 4) is 0 Å². The fraction of sp³-hybridized carbons (Fsp3) is 0.429. The summed E-state index contributed by atoms with van der Waals surface area (Å²) in [6.07, 6.45) is 0.0935. The van der Waals surface area contributed by atoms with E-state index in [4.69, 9.17) is 5.11 Å². The third-order valence-electron chi connectivity index (χ3n) is 3.42. The summed E-state index contributed by atoms with van der Waals surface area (Å²) >= 11 is 0. The Balaban J connectivity index is 0.00000484. The van der Waals surface area contributed by atoms with Gasteiger partial charge in [0.1, 0.15) is 6.04 Å². The standard InChI is InChI=1S/C14H19N3O5.ClH/c1-9-4-5-11(17(21)22)8-12(9)15-13(18)6-7-16(3)10(2)14(19)20;/h4-5,8,10H,6-7H2,1-3H3,(H,15,18)(H,19,20);1H. The van der Waals surface area contributed by atoms with Crippen LogP contribution >= 0.6 is 12.4 Å². The maximum absolute atomic E-state index is 11.9. The number of benzene rings is 1. The zero-order valence-electron chi connectivity index (χ0n) is 13.1. The molecule has 1 rings (SSSR count). The lowest BCUT2D eigenvalue weighted by atomic mass is 10.1. The van der Waals surface area contributed by atoms with Crippen LogP contribution < -0.4 is 5.32 Å². The van der Waals surface area contributed by atoms with E-state index in [1.807, 2.05) is 0 Å². The van der Waals surface area contributed by atoms with Gasteiger partial charge in [0.2, 0.25) is 5.91 Å². The molecule has 0 saturated heterocycles. The van der Waals surface area contributed by atoms with E-state index in [9.17, 15) is 19.7 Å². The first-order chi connectivity index (χ1) is 10.2. The highest BCUT2D eigenvalue weighted by molar-refractivity contribution is 5.92. The van der Waals surface area contributed by atoms with Crippen LogP contribution in [0.1, 0.15) is 18.9 Å². The minimum absolute atomic E-state index is 0. The zero-order valence-corrected chi connectivity index (χ0v) is 13.9. The van der Waals surface area contributed by atoms with Gasteiger partial charge in [-0.15, -0.1) is 12.4 Å². The van der Waals surface area contributed by atoms with Crippen molar-refractivity contribution >= 4 is 35.7 Å². The van der Waals surface area contributed by atoms with Crippen LogP contribution in [0.2, 0.25) is 0 Å². The van der Waals surface area contributed by atoms with E-state index in [-0.39, 0.29) is 37.0 Å². The van der Waals surface area contributed by atoms with Gasteiger partial charge in [0.25, 0.3) is 5.69 Å². The molecular formula is C14H20ClN3O5. The lowest BCUT2D eigenvalue weighted by Gasteiger charge is -2.20. The van der Waals surface area contributed by atoms with Gasteiger partial charge < -0.3 is 10.4 Å². The van der Waals surface area contributed by atoms with Gasteiger partial charge in [-0.25, -0.2) is 0 Å². The highest BCUT2D eigenvalue weighted by Gasteiger charge is 2.17. The van der Waals surface area contributed by atoms with E-state index in [0.29, 0.717) is 11.3 Å². The number of carbonyl (C=O) groups is 2. The number of nitrogens with zero attached hydrogens (tertiary/aromatic N) is 2. The van der Waals surface area contributed by atoms with Gasteiger partial charge in [-0.05, 0) is 26.5 Å². The lowest BCUT2D eigenvalue weighted by molar-refractivity contribution is -0.384. The van der Waals surface area contributed by atoms with Crippen LogP contribution in [0.15, 0.2) is 18.2 Å². The van der Waals surface area contributed by atoms with Gasteiger partial charge in [-0.2, -0.15) is 0 Å². The molecule has 0 aliphatic heterocycles. The number of non-ortho nitro benzene ring substituents is 1. The highest BCUT2D eigenvalue weighted by atomic mass is 35.5. The molecule has 8 nitrogen and oxygen atoms in total. The number of likely N-dealkylation sites (N-methyl/N-ethyl adjacent to an activating group) is 1. The van der Waals surface area contributed by atoms with Crippen LogP contribution in [-0.4, -0.2) is 46.4 Å². The van der Waals surface area contributed by atoms with Crippen LogP contribution in [0.5, 0.6) is 0 Å². The third kappa shape index (κ3) is 6.21. The van der Waals surface area contributed by atoms with Crippen molar-refractivity contribution < 1.29 is 19.6 Å². The Labute approximate surface area is 140 Å². The molecule has 0 saturated carbocycles. The number of nitro benzene ring substituents is 1. The number of aryl methyl sites for hydroxylation is 1. The fourth-order valence-electron chi connectivity index (χ4n) is 1.73. The topological polar surface area (TPSA) is 113 Å². The van der Waals surface area contributed by atoms with Gasteiger partial charge in [-0.1, -0.05) is 6.07 Å². The van der Waals surface area contributed by atoms with Gasteiger partial charge >= 0.3 is 5.97 Å². The molecule has 0 radical (unpaired) electrons. The number of rotatable bonds is 7. The first kappa shape index (κ1) is 20.8. The molecule has 1 atom stereocenters. The van der Waals surface area contributed by atoms with E-state index < -0.39 is 16.9 Å². The van der Waals surface area contributed by atoms with E-state index >= 15 is 0 Å². The molecule has 9 heteroatoms. The molecular weight excluding hydrogens is 326 g/mol. The monoisotopic (exact) mass is 345 g/mol. The Kier molecular flexibility index (Phi) is 8.20. The Morgan fingerprint density at radius 1 is 1.43 bits per heavy atom. The van der Waals surface area contributed by atoms with Gasteiger partial charge in [-0.3, -0.25) is 24.6 Å². The maximum atomic E-state index is 11.9. The largest absolute Gasteiger partial charge is 0.480 e. The Morgan fingerprint density at radius 3 is 2.57 bits per heavy atom. The summed E-state index contributed by atoms with van der Waals surface area (Å²) in [6.45, 7) is 3.54. The number of hydrogen-bond acceptors (Lipinski definition) is 5. The van der Waals surface area contributed by atoms with E-state index in [1.165, 1.54) is 19.1 Å². The van der Waals surface area contributed by atoms with E-state index in [1.54, 1.807) is 24.9 Å². The number of carboxylic acid groups (broad SMARTS) is 1. The smallest absolute Gasteiger partial charge is 0.320 e. The number of nitrogens with one attached hydrogen (secondary N) is 1. The molecule has 0 fully saturated rings. The highest BCUT2D eigenvalue weighted by Crippen LogP contribution is 2.21. The van der Waals surface area contributed by atoms with Crippen molar-refractivity contribution in [1.82, 2.24) is 4.90 Å². The second kappa shape index (κ2) is 9.06. The Bertz CT molecular complexity index is 594. The predicted molar refractivity (Wildman–Crippen MR) is 88.1 cm³/mol. The van der Waals surface area contributed by atoms with Gasteiger partial charge in [0, 0.05) is 25.1 Å². The molecule has 2 N–H and O–H groups in total. The molecule has 0 bridgehead atoms. The molecule has 1 amide bonds. The summed E-state index contributed by atoms with van der Waals surface area (Å²) in [5.74, 6) is -1.29. The number of carboxylic acids is 1. The van der Waals surface area contributed by atoms with Crippen molar-refractivity contribution in [3.05, 3.63) is 33.9 Å². The summed E-state index contributed by atoms with van der Waals surface area (Å²) < 4.78 is 0. The van der Waals surface area contributed by atoms with Crippen LogP contribution in [0.4, 0.5) is 11.4 Å². The van der Waals surface area contributed by atoms with Crippen molar-refractivity contribution in [1.29, 1.82) is 0 Å². The minimum Gasteiger partial charge on any atom is -0.480 e. The third-order valence-corrected chi connectivity index (χ3v) is 3.42. The SMILES string of the molecule is Cc1ccc([N+](=O)[O-])cc1NC(=O)CCN(C)C(C)C(=O)O.Cl. The van der Waals surface area contributed by atoms with Crippen molar-refractivity contribution in [2.75, 3.05) is 18.9 Å². The average Bonchev–Trinajstić information content (AvgIpc) is 2.45. The van der Waals surface area contributed by atoms with Crippen molar-refractivity contribution in [2.24, 2.45) is 0 Å². The van der Waals surface area contributed by atoms with E-state index in [2.05, 4.69) is 5.32 Å². The van der Waals surface area contributed by atoms with E-state index in [0.717, 1.165) is 0 Å². The summed E-state index contributed by atoms with van der Waals surface area (Å²) in [7, 11) is 1.62. The number of halogens is 1. The van der Waals surface area contributed by atoms with Crippen LogP contribution in [-0.2, 0) is 9.59 Å². The van der Waals surface area contributed by atoms with Crippen molar-refractivity contribution in [2.45, 2.75) is 26.3 Å². The van der Waals surface area contributed by atoms with Crippen LogP contribution in [0.25, 0.3) is 0 Å². The number of aliphatic carboxylic acids is 1. The summed E-state index contributed by atoms with van der Waals surface area (Å²) in [4.78, 5) is 34.5. The molecule has 1 unspecified atom stereocenters. The zero-order chi connectivity index (χ0) is 16.9. The Hall–Kier alpha value is -2.19. The second-order valence-electron chi connectivity index (χ2n) is 5.05. The number of nitro groups is 1. The quantitative estimate of drug-likeness (QED) is 0.577. The second-order valence-corrected chi connectivity index (χ2v) is 5.05. The van der Waals surface area contributed by atoms with Crippen molar-refractivity contribution in [3.63, 3.8) is 0 Å². The normalized spacial score (nSPS) is 11.5. The summed E-state index contributed by atoms with van der Waals surface area (Å²) in [5, 5.41) is 22.2. The first-order valence-electron chi connectivity index (χ1n) is 6.70. The summed E-state index contributed by atoms with van der Waals surface area (Å²) in [6, 6.07) is 3.55. The number of hydrogen-bond donors (Lipinski definition) is 2. The molecule has 0 aliphatic carbocycles. The van der Waals surface area contributed by atoms with Crippen LogP contribution in [0, 0.1) is 17.0 Å². The lowest BCUT2D eigenvalue weighted by Crippen LogP contribution is -2.37.